The summed E-state index contributed by atoms with van der Waals surface area (Å²) in [6.07, 6.45) is 2.58. The second kappa shape index (κ2) is 7.29. The molecule has 0 radical (unpaired) electrons. The van der Waals surface area contributed by atoms with Crippen molar-refractivity contribution in [3.05, 3.63) is 34.5 Å². The predicted molar refractivity (Wildman–Crippen MR) is 106 cm³/mol. The minimum absolute atomic E-state index is 0.0170. The van der Waals surface area contributed by atoms with Crippen molar-refractivity contribution in [2.75, 3.05) is 29.7 Å². The zero-order valence-electron chi connectivity index (χ0n) is 15.1. The van der Waals surface area contributed by atoms with Gasteiger partial charge in [0.15, 0.2) is 5.13 Å². The molecule has 3 heterocycles. The topological polar surface area (TPSA) is 74.3 Å². The van der Waals surface area contributed by atoms with Crippen molar-refractivity contribution >= 4 is 43.8 Å². The minimum Gasteiger partial charge on any atom is -0.382 e. The first-order chi connectivity index (χ1) is 13.6. The first-order valence-corrected chi connectivity index (χ1v) is 11.6. The number of nitrogens with one attached hydrogen (secondary N) is 2. The molecule has 1 aromatic heterocycles. The Bertz CT molecular complexity index is 1020. The predicted octanol–water partition coefficient (Wildman–Crippen LogP) is 4.02. The third-order valence-electron chi connectivity index (χ3n) is 5.32. The van der Waals surface area contributed by atoms with Gasteiger partial charge in [0.25, 0.3) is 15.9 Å². The Labute approximate surface area is 175 Å². The first-order valence-electron chi connectivity index (χ1n) is 8.88. The summed E-state index contributed by atoms with van der Waals surface area (Å²) in [6, 6.07) is 1.98. The Morgan fingerprint density at radius 2 is 2.14 bits per heavy atom. The summed E-state index contributed by atoms with van der Waals surface area (Å²) in [5, 5.41) is 4.61. The molecule has 2 fully saturated rings. The maximum atomic E-state index is 14.6. The van der Waals surface area contributed by atoms with E-state index < -0.39 is 32.2 Å². The van der Waals surface area contributed by atoms with Crippen LogP contribution in [0.1, 0.15) is 19.3 Å². The highest BCUT2D eigenvalue weighted by Gasteiger charge is 2.56. The summed E-state index contributed by atoms with van der Waals surface area (Å²) in [5.74, 6) is -3.75. The lowest BCUT2D eigenvalue weighted by Crippen LogP contribution is -2.44. The molecule has 0 saturated carbocycles. The molecule has 2 N–H and O–H groups in total. The Morgan fingerprint density at radius 1 is 1.34 bits per heavy atom. The summed E-state index contributed by atoms with van der Waals surface area (Å²) in [6.45, 7) is 0.487. The van der Waals surface area contributed by atoms with Gasteiger partial charge in [0.2, 0.25) is 0 Å². The molecule has 0 unspecified atom stereocenters. The second-order valence-electron chi connectivity index (χ2n) is 7.34. The van der Waals surface area contributed by atoms with Gasteiger partial charge in [-0.1, -0.05) is 11.6 Å². The molecule has 2 aliphatic heterocycles. The quantitative estimate of drug-likeness (QED) is 0.672. The standard InChI is InChI=1S/C17H18ClF3N4O2S2/c18-11-6-14(29(26,27)24-15-22-3-5-28-15)12(19)7-13(11)23-9-16-2-1-4-25(16)10-17(20,21)8-16/h3,5-7,23H,1-2,4,8-10H2,(H,22,24)/t16-/m1/s1. The van der Waals surface area contributed by atoms with Crippen LogP contribution in [0.4, 0.5) is 24.0 Å². The molecule has 6 nitrogen and oxygen atoms in total. The molecule has 4 rings (SSSR count). The normalized spacial score (nSPS) is 23.9. The van der Waals surface area contributed by atoms with Crippen molar-refractivity contribution in [1.29, 1.82) is 0 Å². The maximum Gasteiger partial charge on any atom is 0.266 e. The molecule has 0 bridgehead atoms. The van der Waals surface area contributed by atoms with Crippen LogP contribution in [0.3, 0.4) is 0 Å². The zero-order valence-corrected chi connectivity index (χ0v) is 17.5. The molecular weight excluding hydrogens is 449 g/mol. The molecule has 29 heavy (non-hydrogen) atoms. The van der Waals surface area contributed by atoms with E-state index in [-0.39, 0.29) is 35.4 Å². The second-order valence-corrected chi connectivity index (χ2v) is 10.3. The maximum absolute atomic E-state index is 14.6. The Balaban J connectivity index is 1.53. The van der Waals surface area contributed by atoms with Crippen molar-refractivity contribution in [3.8, 4) is 0 Å². The molecule has 2 aromatic rings. The molecule has 12 heteroatoms. The summed E-state index contributed by atoms with van der Waals surface area (Å²) in [5.41, 5.74) is -0.547. The van der Waals surface area contributed by atoms with E-state index in [4.69, 9.17) is 11.6 Å². The summed E-state index contributed by atoms with van der Waals surface area (Å²) in [4.78, 5) is 4.96. The molecule has 2 saturated heterocycles. The summed E-state index contributed by atoms with van der Waals surface area (Å²) >= 11 is 7.23. The molecule has 1 aromatic carbocycles. The highest BCUT2D eigenvalue weighted by atomic mass is 35.5. The lowest BCUT2D eigenvalue weighted by Gasteiger charge is -2.32. The van der Waals surface area contributed by atoms with Crippen LogP contribution in [-0.4, -0.2) is 49.4 Å². The average molecular weight is 467 g/mol. The van der Waals surface area contributed by atoms with Crippen molar-refractivity contribution in [3.63, 3.8) is 0 Å². The van der Waals surface area contributed by atoms with Gasteiger partial charge in [-0.15, -0.1) is 11.3 Å². The number of alkyl halides is 2. The van der Waals surface area contributed by atoms with Gasteiger partial charge >= 0.3 is 0 Å². The smallest absolute Gasteiger partial charge is 0.266 e. The fourth-order valence-electron chi connectivity index (χ4n) is 4.09. The van der Waals surface area contributed by atoms with Gasteiger partial charge in [-0.05, 0) is 31.5 Å². The van der Waals surface area contributed by atoms with E-state index in [1.807, 2.05) is 0 Å². The van der Waals surface area contributed by atoms with Gasteiger partial charge in [0, 0.05) is 30.1 Å². The fourth-order valence-corrected chi connectivity index (χ4v) is 6.26. The molecule has 1 atom stereocenters. The number of sulfonamides is 1. The highest BCUT2D eigenvalue weighted by Crippen LogP contribution is 2.46. The van der Waals surface area contributed by atoms with Crippen LogP contribution in [0, 0.1) is 5.82 Å². The van der Waals surface area contributed by atoms with Gasteiger partial charge in [-0.3, -0.25) is 9.62 Å². The van der Waals surface area contributed by atoms with E-state index >= 15 is 0 Å². The average Bonchev–Trinajstić information content (AvgIpc) is 3.29. The number of halogens is 4. The van der Waals surface area contributed by atoms with Crippen LogP contribution in [0.5, 0.6) is 0 Å². The van der Waals surface area contributed by atoms with Crippen molar-refractivity contribution in [1.82, 2.24) is 9.88 Å². The van der Waals surface area contributed by atoms with Crippen LogP contribution in [0.15, 0.2) is 28.6 Å². The molecule has 0 spiro atoms. The number of anilines is 2. The van der Waals surface area contributed by atoms with E-state index in [0.717, 1.165) is 29.9 Å². The van der Waals surface area contributed by atoms with Crippen molar-refractivity contribution in [2.24, 2.45) is 0 Å². The molecule has 0 aliphatic carbocycles. The molecule has 2 aliphatic rings. The number of thiazole rings is 1. The van der Waals surface area contributed by atoms with E-state index in [1.165, 1.54) is 6.20 Å². The van der Waals surface area contributed by atoms with Crippen LogP contribution in [0.2, 0.25) is 5.02 Å². The number of benzene rings is 1. The zero-order chi connectivity index (χ0) is 20.9. The highest BCUT2D eigenvalue weighted by molar-refractivity contribution is 7.93. The SMILES string of the molecule is O=S(=O)(Nc1nccs1)c1cc(Cl)c(NC[C@]23CCCN2CC(F)(F)C3)cc1F. The third-order valence-corrected chi connectivity index (χ3v) is 7.81. The fraction of sp³-hybridized carbons (Fsp3) is 0.471. The van der Waals surface area contributed by atoms with Gasteiger partial charge in [0.1, 0.15) is 10.7 Å². The number of fused-ring (bicyclic) bond motifs is 1. The van der Waals surface area contributed by atoms with E-state index in [0.29, 0.717) is 13.0 Å². The largest absolute Gasteiger partial charge is 0.382 e. The van der Waals surface area contributed by atoms with Crippen LogP contribution >= 0.6 is 22.9 Å². The number of nitrogens with zero attached hydrogens (tertiary/aromatic N) is 2. The lowest BCUT2D eigenvalue weighted by molar-refractivity contribution is 0.00976. The Hall–Kier alpha value is -1.56. The van der Waals surface area contributed by atoms with Gasteiger partial charge in [0.05, 0.1) is 17.3 Å². The van der Waals surface area contributed by atoms with E-state index in [1.54, 1.807) is 10.3 Å². The molecular formula is C17H18ClF3N4O2S2. The van der Waals surface area contributed by atoms with E-state index in [2.05, 4.69) is 15.0 Å². The Kier molecular flexibility index (Phi) is 5.21. The van der Waals surface area contributed by atoms with Gasteiger partial charge in [-0.2, -0.15) is 0 Å². The lowest BCUT2D eigenvalue weighted by atomic mass is 9.93. The monoisotopic (exact) mass is 466 g/mol. The third kappa shape index (κ3) is 4.05. The first kappa shape index (κ1) is 20.7. The minimum atomic E-state index is -4.21. The summed E-state index contributed by atoms with van der Waals surface area (Å²) < 4.78 is 69.4. The molecule has 158 valence electrons. The number of rotatable bonds is 6. The van der Waals surface area contributed by atoms with Crippen LogP contribution in [0.25, 0.3) is 0 Å². The molecule has 0 amide bonds. The van der Waals surface area contributed by atoms with E-state index in [9.17, 15) is 21.6 Å². The Morgan fingerprint density at radius 3 is 2.86 bits per heavy atom. The van der Waals surface area contributed by atoms with Crippen LogP contribution < -0.4 is 10.0 Å². The number of hydrogen-bond acceptors (Lipinski definition) is 6. The van der Waals surface area contributed by atoms with Crippen molar-refractivity contribution < 1.29 is 21.6 Å². The number of hydrogen-bond donors (Lipinski definition) is 2. The van der Waals surface area contributed by atoms with Crippen molar-refractivity contribution in [2.45, 2.75) is 35.6 Å². The summed E-state index contributed by atoms with van der Waals surface area (Å²) in [7, 11) is -4.21. The van der Waals surface area contributed by atoms with Crippen LogP contribution in [-0.2, 0) is 10.0 Å². The number of aromatic nitrogens is 1. The van der Waals surface area contributed by atoms with Gasteiger partial charge in [-0.25, -0.2) is 26.6 Å². The van der Waals surface area contributed by atoms with Gasteiger partial charge < -0.3 is 5.32 Å².